The Bertz CT molecular complexity index is 433. The second-order valence-corrected chi connectivity index (χ2v) is 3.49. The number of benzene rings is 1. The van der Waals surface area contributed by atoms with Crippen LogP contribution >= 0.6 is 11.6 Å². The lowest BCUT2D eigenvalue weighted by Crippen LogP contribution is -1.87. The molecule has 0 saturated carbocycles. The molecular weight excluding hydrogens is 186 g/mol. The van der Waals surface area contributed by atoms with E-state index in [9.17, 15) is 5.11 Å². The first-order chi connectivity index (χ1) is 6.20. The van der Waals surface area contributed by atoms with Gasteiger partial charge in [0.15, 0.2) is 0 Å². The Hall–Kier alpha value is -0.990. The van der Waals surface area contributed by atoms with Gasteiger partial charge in [-0.05, 0) is 13.0 Å². The predicted octanol–water partition coefficient (Wildman–Crippen LogP) is 2.87. The molecule has 0 aliphatic carbocycles. The molecule has 1 atom stereocenters. The molecule has 2 rings (SSSR count). The Morgan fingerprint density at radius 2 is 2.23 bits per heavy atom. The number of para-hydroxylation sites is 1. The van der Waals surface area contributed by atoms with Crippen LogP contribution in [0, 0.1) is 0 Å². The molecule has 1 heterocycles. The summed E-state index contributed by atoms with van der Waals surface area (Å²) in [6.07, 6.45) is 1.33. The second-order valence-electron chi connectivity index (χ2n) is 3.08. The van der Waals surface area contributed by atoms with Crippen molar-refractivity contribution < 1.29 is 5.11 Å². The zero-order valence-corrected chi connectivity index (χ0v) is 7.97. The van der Waals surface area contributed by atoms with E-state index >= 15 is 0 Å². The van der Waals surface area contributed by atoms with E-state index in [1.165, 1.54) is 0 Å². The molecule has 13 heavy (non-hydrogen) atoms. The van der Waals surface area contributed by atoms with E-state index in [0.717, 1.165) is 16.5 Å². The quantitative estimate of drug-likeness (QED) is 0.721. The van der Waals surface area contributed by atoms with Gasteiger partial charge in [-0.3, -0.25) is 0 Å². The SMILES string of the molecule is C[C@@H](O)c1c[nH]c2c(Cl)cccc12. The van der Waals surface area contributed by atoms with Crippen molar-refractivity contribution in [2.24, 2.45) is 0 Å². The molecule has 2 nitrogen and oxygen atoms in total. The third kappa shape index (κ3) is 1.32. The van der Waals surface area contributed by atoms with Crippen molar-refractivity contribution in [2.75, 3.05) is 0 Å². The van der Waals surface area contributed by atoms with Crippen molar-refractivity contribution >= 4 is 22.5 Å². The van der Waals surface area contributed by atoms with E-state index in [0.29, 0.717) is 5.02 Å². The largest absolute Gasteiger partial charge is 0.389 e. The lowest BCUT2D eigenvalue weighted by atomic mass is 10.1. The summed E-state index contributed by atoms with van der Waals surface area (Å²) in [7, 11) is 0. The molecule has 0 aliphatic heterocycles. The first-order valence-electron chi connectivity index (χ1n) is 4.13. The average molecular weight is 196 g/mol. The van der Waals surface area contributed by atoms with Gasteiger partial charge < -0.3 is 10.1 Å². The van der Waals surface area contributed by atoms with Crippen molar-refractivity contribution in [3.63, 3.8) is 0 Å². The molecule has 68 valence electrons. The standard InChI is InChI=1S/C10H10ClNO/c1-6(13)8-5-12-10-7(8)3-2-4-9(10)11/h2-6,12-13H,1H3/t6-/m1/s1. The van der Waals surface area contributed by atoms with Crippen LogP contribution < -0.4 is 0 Å². The second kappa shape index (κ2) is 3.05. The van der Waals surface area contributed by atoms with Gasteiger partial charge in [0.05, 0.1) is 16.6 Å². The fourth-order valence-corrected chi connectivity index (χ4v) is 1.71. The topological polar surface area (TPSA) is 36.0 Å². The summed E-state index contributed by atoms with van der Waals surface area (Å²) in [5, 5.41) is 11.1. The number of aromatic amines is 1. The molecule has 1 aromatic carbocycles. The van der Waals surface area contributed by atoms with E-state index in [-0.39, 0.29) is 0 Å². The Morgan fingerprint density at radius 3 is 2.92 bits per heavy atom. The van der Waals surface area contributed by atoms with Crippen LogP contribution in [0.15, 0.2) is 24.4 Å². The number of aromatic nitrogens is 1. The van der Waals surface area contributed by atoms with Gasteiger partial charge in [-0.25, -0.2) is 0 Å². The maximum atomic E-state index is 9.44. The van der Waals surface area contributed by atoms with Gasteiger partial charge in [-0.2, -0.15) is 0 Å². The van der Waals surface area contributed by atoms with Crippen molar-refractivity contribution in [1.82, 2.24) is 4.98 Å². The zero-order valence-electron chi connectivity index (χ0n) is 7.21. The molecule has 0 bridgehead atoms. The lowest BCUT2D eigenvalue weighted by molar-refractivity contribution is 0.201. The maximum Gasteiger partial charge on any atom is 0.0782 e. The van der Waals surface area contributed by atoms with Crippen LogP contribution in [0.2, 0.25) is 5.02 Å². The Balaban J connectivity index is 2.75. The molecule has 2 N–H and O–H groups in total. The molecule has 0 aliphatic rings. The summed E-state index contributed by atoms with van der Waals surface area (Å²) >= 11 is 5.96. The summed E-state index contributed by atoms with van der Waals surface area (Å²) in [5.41, 5.74) is 1.78. The highest BCUT2D eigenvalue weighted by molar-refractivity contribution is 6.35. The van der Waals surface area contributed by atoms with Gasteiger partial charge in [-0.1, -0.05) is 23.7 Å². The molecule has 3 heteroatoms. The van der Waals surface area contributed by atoms with Crippen LogP contribution in [0.1, 0.15) is 18.6 Å². The molecular formula is C10H10ClNO. The highest BCUT2D eigenvalue weighted by Crippen LogP contribution is 2.28. The van der Waals surface area contributed by atoms with Gasteiger partial charge in [0.25, 0.3) is 0 Å². The molecule has 1 aromatic heterocycles. The third-order valence-electron chi connectivity index (χ3n) is 2.15. The number of hydrogen-bond donors (Lipinski definition) is 2. The monoisotopic (exact) mass is 195 g/mol. The summed E-state index contributed by atoms with van der Waals surface area (Å²) in [4.78, 5) is 3.05. The maximum absolute atomic E-state index is 9.44. The molecule has 0 radical (unpaired) electrons. The molecule has 0 spiro atoms. The summed E-state index contributed by atoms with van der Waals surface area (Å²) in [6, 6.07) is 5.65. The van der Waals surface area contributed by atoms with Crippen molar-refractivity contribution in [3.05, 3.63) is 35.0 Å². The minimum absolute atomic E-state index is 0.466. The molecule has 2 aromatic rings. The number of H-pyrrole nitrogens is 1. The molecule has 0 saturated heterocycles. The van der Waals surface area contributed by atoms with Gasteiger partial charge in [0, 0.05) is 17.1 Å². The molecule has 0 unspecified atom stereocenters. The van der Waals surface area contributed by atoms with E-state index in [1.807, 2.05) is 18.2 Å². The Morgan fingerprint density at radius 1 is 1.46 bits per heavy atom. The van der Waals surface area contributed by atoms with Crippen LogP contribution in [0.4, 0.5) is 0 Å². The van der Waals surface area contributed by atoms with Crippen LogP contribution in [-0.4, -0.2) is 10.1 Å². The van der Waals surface area contributed by atoms with E-state index in [1.54, 1.807) is 13.1 Å². The number of hydrogen-bond acceptors (Lipinski definition) is 1. The summed E-state index contributed by atoms with van der Waals surface area (Å²) in [6.45, 7) is 1.74. The number of aliphatic hydroxyl groups excluding tert-OH is 1. The number of aliphatic hydroxyl groups is 1. The fraction of sp³-hybridized carbons (Fsp3) is 0.200. The average Bonchev–Trinajstić information content (AvgIpc) is 2.48. The van der Waals surface area contributed by atoms with Crippen molar-refractivity contribution in [1.29, 1.82) is 0 Å². The first-order valence-corrected chi connectivity index (χ1v) is 4.51. The highest BCUT2D eigenvalue weighted by atomic mass is 35.5. The molecule has 0 fully saturated rings. The summed E-state index contributed by atoms with van der Waals surface area (Å²) in [5.74, 6) is 0. The number of halogens is 1. The van der Waals surface area contributed by atoms with Crippen LogP contribution in [0.25, 0.3) is 10.9 Å². The van der Waals surface area contributed by atoms with Gasteiger partial charge in [0.2, 0.25) is 0 Å². The number of rotatable bonds is 1. The smallest absolute Gasteiger partial charge is 0.0782 e. The predicted molar refractivity (Wildman–Crippen MR) is 53.9 cm³/mol. The Labute approximate surface area is 81.1 Å². The van der Waals surface area contributed by atoms with E-state index in [4.69, 9.17) is 11.6 Å². The van der Waals surface area contributed by atoms with Crippen molar-refractivity contribution in [3.8, 4) is 0 Å². The fourth-order valence-electron chi connectivity index (χ4n) is 1.48. The van der Waals surface area contributed by atoms with Crippen molar-refractivity contribution in [2.45, 2.75) is 13.0 Å². The minimum Gasteiger partial charge on any atom is -0.389 e. The Kier molecular flexibility index (Phi) is 2.02. The highest BCUT2D eigenvalue weighted by Gasteiger charge is 2.09. The number of fused-ring (bicyclic) bond motifs is 1. The molecule has 0 amide bonds. The number of nitrogens with one attached hydrogen (secondary N) is 1. The van der Waals surface area contributed by atoms with Crippen LogP contribution in [0.5, 0.6) is 0 Å². The van der Waals surface area contributed by atoms with Gasteiger partial charge in [0.1, 0.15) is 0 Å². The van der Waals surface area contributed by atoms with E-state index in [2.05, 4.69) is 4.98 Å². The summed E-state index contributed by atoms with van der Waals surface area (Å²) < 4.78 is 0. The lowest BCUT2D eigenvalue weighted by Gasteiger charge is -2.01. The van der Waals surface area contributed by atoms with Gasteiger partial charge >= 0.3 is 0 Å². The van der Waals surface area contributed by atoms with Gasteiger partial charge in [-0.15, -0.1) is 0 Å². The third-order valence-corrected chi connectivity index (χ3v) is 2.46. The van der Waals surface area contributed by atoms with Crippen LogP contribution in [-0.2, 0) is 0 Å². The van der Waals surface area contributed by atoms with Crippen LogP contribution in [0.3, 0.4) is 0 Å². The first kappa shape index (κ1) is 8.60. The van der Waals surface area contributed by atoms with E-state index < -0.39 is 6.10 Å². The normalized spacial score (nSPS) is 13.5. The minimum atomic E-state index is -0.466. The zero-order chi connectivity index (χ0) is 9.42.